The Balaban J connectivity index is 0.000000757. The smallest absolute Gasteiger partial charge is 0.300 e. The van der Waals surface area contributed by atoms with Gasteiger partial charge in [0.1, 0.15) is 10.5 Å². The fourth-order valence-corrected chi connectivity index (χ4v) is 5.68. The van der Waals surface area contributed by atoms with E-state index in [4.69, 9.17) is 11.6 Å². The van der Waals surface area contributed by atoms with Crippen molar-refractivity contribution in [3.05, 3.63) is 69.2 Å². The molecule has 0 N–H and O–H groups in total. The molecule has 1 aliphatic rings. The summed E-state index contributed by atoms with van der Waals surface area (Å²) in [5, 5.41) is 0.449. The topological polar surface area (TPSA) is 29.4 Å². The molecule has 2 atom stereocenters. The highest BCUT2D eigenvalue weighted by Gasteiger charge is 2.56. The van der Waals surface area contributed by atoms with Crippen LogP contribution in [-0.2, 0) is 16.0 Å². The third-order valence-electron chi connectivity index (χ3n) is 6.70. The lowest BCUT2D eigenvalue weighted by atomic mass is 9.84. The molecule has 0 aromatic heterocycles. The Kier molecular flexibility index (Phi) is 11.0. The number of rotatable bonds is 8. The molecule has 0 amide bonds. The maximum atomic E-state index is 15.0. The molecule has 0 saturated heterocycles. The van der Waals surface area contributed by atoms with E-state index in [0.29, 0.717) is 22.7 Å². The van der Waals surface area contributed by atoms with Gasteiger partial charge in [0.2, 0.25) is 0 Å². The van der Waals surface area contributed by atoms with Gasteiger partial charge in [-0.2, -0.15) is 13.2 Å². The molecule has 0 bridgehead atoms. The minimum atomic E-state index is -3.96. The molecular formula is C29H35ClF5NOS. The highest BCUT2D eigenvalue weighted by molar-refractivity contribution is 7.99. The summed E-state index contributed by atoms with van der Waals surface area (Å²) < 4.78 is 65.3. The average Bonchev–Trinajstić information content (AvgIpc) is 3.26. The molecule has 0 spiro atoms. The second-order valence-electron chi connectivity index (χ2n) is 9.95. The van der Waals surface area contributed by atoms with E-state index in [1.165, 1.54) is 0 Å². The number of carbonyl (C=O) groups excluding carboxylic acids is 1. The highest BCUT2D eigenvalue weighted by atomic mass is 35.5. The van der Waals surface area contributed by atoms with E-state index in [9.17, 15) is 26.7 Å². The van der Waals surface area contributed by atoms with Crippen molar-refractivity contribution >= 4 is 35.0 Å². The first kappa shape index (κ1) is 32.3. The Morgan fingerprint density at radius 1 is 1.11 bits per heavy atom. The average molecular weight is 576 g/mol. The minimum Gasteiger partial charge on any atom is -0.300 e. The number of Topliss-reactive ketones (excluding diaryl/α,β-unsaturated/α-hetero) is 1. The third-order valence-corrected chi connectivity index (χ3v) is 8.28. The van der Waals surface area contributed by atoms with Crippen molar-refractivity contribution in [2.75, 3.05) is 0 Å². The van der Waals surface area contributed by atoms with Crippen LogP contribution in [0, 0.1) is 19.8 Å². The van der Waals surface area contributed by atoms with Gasteiger partial charge in [0.05, 0.1) is 5.71 Å². The number of hydrogen-bond donors (Lipinski definition) is 0. The van der Waals surface area contributed by atoms with Gasteiger partial charge >= 0.3 is 6.18 Å². The summed E-state index contributed by atoms with van der Waals surface area (Å²) in [4.78, 5) is 12.0. The van der Waals surface area contributed by atoms with Crippen LogP contribution in [0.5, 0.6) is 0 Å². The van der Waals surface area contributed by atoms with Crippen LogP contribution in [0.3, 0.4) is 0 Å². The summed E-state index contributed by atoms with van der Waals surface area (Å²) in [6.45, 7) is 9.63. The van der Waals surface area contributed by atoms with Crippen molar-refractivity contribution in [2.45, 2.75) is 90.5 Å². The van der Waals surface area contributed by atoms with E-state index in [0.717, 1.165) is 60.9 Å². The van der Waals surface area contributed by atoms with Gasteiger partial charge in [-0.3, -0.25) is 4.79 Å². The molecule has 2 aromatic carbocycles. The maximum Gasteiger partial charge on any atom is 0.388 e. The third kappa shape index (κ3) is 8.28. The van der Waals surface area contributed by atoms with Crippen molar-refractivity contribution in [3.8, 4) is 0 Å². The van der Waals surface area contributed by atoms with Crippen LogP contribution in [0.2, 0.25) is 5.02 Å². The standard InChI is InChI=1S/C26H30ClF2NOS.C3H5F3/c1-6-7-20(18(4)31)13-19-8-9-21(12-17(19)3)24-15-26(32-30-24,25(5,28)29)22-10-16(2)11-23(27)14-22;1-2-3(4,5)6/h8-12,14,20H,6-7,13,15H2,1-5H3;2H2,1H3. The second kappa shape index (κ2) is 12.9. The zero-order chi connectivity index (χ0) is 28.9. The lowest BCUT2D eigenvalue weighted by Crippen LogP contribution is -2.39. The number of halogens is 6. The molecule has 3 rings (SSSR count). The number of carbonyl (C=O) groups is 1. The molecule has 210 valence electrons. The van der Waals surface area contributed by atoms with Gasteiger partial charge in [0, 0.05) is 30.7 Å². The largest absolute Gasteiger partial charge is 0.388 e. The molecule has 2 unspecified atom stereocenters. The molecule has 2 nitrogen and oxygen atoms in total. The van der Waals surface area contributed by atoms with Gasteiger partial charge in [-0.05, 0) is 91.6 Å². The molecular weight excluding hydrogens is 541 g/mol. The van der Waals surface area contributed by atoms with E-state index >= 15 is 0 Å². The number of hydrogen-bond acceptors (Lipinski definition) is 3. The number of alkyl halides is 5. The van der Waals surface area contributed by atoms with Gasteiger partial charge in [0.25, 0.3) is 5.92 Å². The van der Waals surface area contributed by atoms with Gasteiger partial charge < -0.3 is 0 Å². The second-order valence-corrected chi connectivity index (χ2v) is 11.4. The molecule has 0 fully saturated rings. The molecule has 1 heterocycles. The van der Waals surface area contributed by atoms with Gasteiger partial charge in [-0.15, -0.1) is 0 Å². The summed E-state index contributed by atoms with van der Waals surface area (Å²) >= 11 is 7.14. The van der Waals surface area contributed by atoms with Crippen LogP contribution < -0.4 is 0 Å². The fourth-order valence-electron chi connectivity index (χ4n) is 4.37. The van der Waals surface area contributed by atoms with Crippen LogP contribution in [0.1, 0.15) is 81.2 Å². The van der Waals surface area contributed by atoms with Crippen molar-refractivity contribution in [2.24, 2.45) is 10.3 Å². The summed E-state index contributed by atoms with van der Waals surface area (Å²) in [7, 11) is 0. The van der Waals surface area contributed by atoms with Gasteiger partial charge in [-0.1, -0.05) is 50.1 Å². The predicted octanol–water partition coefficient (Wildman–Crippen LogP) is 9.86. The number of nitrogens with zero attached hydrogens (tertiary/aromatic N) is 1. The SMILES string of the molecule is CCC(F)(F)F.CCCC(Cc1ccc(C2=NSC(c3cc(C)cc(Cl)c3)(C(C)(F)F)C2)cc1C)C(C)=O. The first-order chi connectivity index (χ1) is 17.5. The highest BCUT2D eigenvalue weighted by Crippen LogP contribution is 2.56. The Hall–Kier alpha value is -1.93. The first-order valence-corrected chi connectivity index (χ1v) is 13.8. The van der Waals surface area contributed by atoms with Gasteiger partial charge in [0.15, 0.2) is 0 Å². The Labute approximate surface area is 231 Å². The van der Waals surface area contributed by atoms with Crippen LogP contribution >= 0.6 is 23.5 Å². The molecule has 9 heteroatoms. The van der Waals surface area contributed by atoms with Crippen LogP contribution in [-0.4, -0.2) is 23.6 Å². The van der Waals surface area contributed by atoms with E-state index in [1.807, 2.05) is 32.0 Å². The lowest BCUT2D eigenvalue weighted by Gasteiger charge is -2.34. The molecule has 0 radical (unpaired) electrons. The fraction of sp³-hybridized carbons (Fsp3) is 0.517. The van der Waals surface area contributed by atoms with E-state index < -0.39 is 23.3 Å². The minimum absolute atomic E-state index is 0.0152. The quantitative estimate of drug-likeness (QED) is 0.231. The van der Waals surface area contributed by atoms with E-state index in [2.05, 4.69) is 11.3 Å². The van der Waals surface area contributed by atoms with E-state index in [-0.39, 0.29) is 18.1 Å². The predicted molar refractivity (Wildman–Crippen MR) is 148 cm³/mol. The Bertz CT molecular complexity index is 1140. The number of ketones is 1. The van der Waals surface area contributed by atoms with Gasteiger partial charge in [-0.25, -0.2) is 13.2 Å². The summed E-state index contributed by atoms with van der Waals surface area (Å²) in [5.74, 6) is -2.77. The van der Waals surface area contributed by atoms with Crippen molar-refractivity contribution in [3.63, 3.8) is 0 Å². The number of aryl methyl sites for hydroxylation is 2. The summed E-state index contributed by atoms with van der Waals surface area (Å²) in [5.41, 5.74) is 5.01. The Morgan fingerprint density at radius 2 is 1.74 bits per heavy atom. The maximum absolute atomic E-state index is 15.0. The molecule has 1 aliphatic heterocycles. The summed E-state index contributed by atoms with van der Waals surface area (Å²) in [6.07, 6.45) is -2.04. The molecule has 2 aromatic rings. The van der Waals surface area contributed by atoms with Crippen molar-refractivity contribution < 1.29 is 26.7 Å². The zero-order valence-corrected chi connectivity index (χ0v) is 24.2. The number of benzene rings is 2. The van der Waals surface area contributed by atoms with Crippen LogP contribution in [0.4, 0.5) is 22.0 Å². The van der Waals surface area contributed by atoms with Crippen molar-refractivity contribution in [1.29, 1.82) is 0 Å². The zero-order valence-electron chi connectivity index (χ0n) is 22.6. The molecule has 0 saturated carbocycles. The summed E-state index contributed by atoms with van der Waals surface area (Å²) in [6, 6.07) is 11.1. The molecule has 38 heavy (non-hydrogen) atoms. The molecule has 0 aliphatic carbocycles. The normalized spacial score (nSPS) is 18.5. The van der Waals surface area contributed by atoms with Crippen molar-refractivity contribution in [1.82, 2.24) is 0 Å². The van der Waals surface area contributed by atoms with Crippen LogP contribution in [0.15, 0.2) is 40.8 Å². The van der Waals surface area contributed by atoms with Crippen LogP contribution in [0.25, 0.3) is 0 Å². The monoisotopic (exact) mass is 575 g/mol. The van der Waals surface area contributed by atoms with E-state index in [1.54, 1.807) is 25.1 Å². The Morgan fingerprint density at radius 3 is 2.21 bits per heavy atom. The first-order valence-electron chi connectivity index (χ1n) is 12.6. The lowest BCUT2D eigenvalue weighted by molar-refractivity contribution is -0.130.